The standard InChI is InChI=1S/C25H27FN2O/c1-18-15-23-20(17-27-28(23)22-12-10-21(26)11-13-22)16-25(18,2)24(29-3)14-9-19-7-5-4-6-8-19/h4-8,10-13,15,17,24H,9,14,16H2,1-3H3/t24-,25+/m0/s1. The zero-order chi connectivity index (χ0) is 20.4. The smallest absolute Gasteiger partial charge is 0.123 e. The van der Waals surface area contributed by atoms with E-state index in [9.17, 15) is 4.39 Å². The van der Waals surface area contributed by atoms with Crippen molar-refractivity contribution in [1.82, 2.24) is 9.78 Å². The lowest BCUT2D eigenvalue weighted by atomic mass is 9.69. The molecule has 1 aromatic heterocycles. The Morgan fingerprint density at radius 2 is 1.86 bits per heavy atom. The Balaban J connectivity index is 1.59. The van der Waals surface area contributed by atoms with Crippen molar-refractivity contribution < 1.29 is 9.13 Å². The Labute approximate surface area is 171 Å². The number of fused-ring (bicyclic) bond motifs is 1. The van der Waals surface area contributed by atoms with E-state index in [0.717, 1.165) is 30.6 Å². The van der Waals surface area contributed by atoms with Crippen LogP contribution in [0.4, 0.5) is 4.39 Å². The summed E-state index contributed by atoms with van der Waals surface area (Å²) in [5.74, 6) is -0.240. The van der Waals surface area contributed by atoms with E-state index in [4.69, 9.17) is 4.74 Å². The number of hydrogen-bond acceptors (Lipinski definition) is 2. The minimum atomic E-state index is -0.240. The summed E-state index contributed by atoms with van der Waals surface area (Å²) in [5.41, 5.74) is 5.67. The van der Waals surface area contributed by atoms with E-state index in [1.54, 1.807) is 12.1 Å². The largest absolute Gasteiger partial charge is 0.381 e. The molecule has 4 heteroatoms. The molecule has 150 valence electrons. The van der Waals surface area contributed by atoms with Gasteiger partial charge < -0.3 is 4.74 Å². The van der Waals surface area contributed by atoms with Crippen molar-refractivity contribution in [2.45, 2.75) is 39.2 Å². The van der Waals surface area contributed by atoms with Crippen LogP contribution in [0.1, 0.15) is 37.1 Å². The highest BCUT2D eigenvalue weighted by Gasteiger charge is 2.39. The second-order valence-electron chi connectivity index (χ2n) is 8.11. The molecule has 0 unspecified atom stereocenters. The molecule has 0 bridgehead atoms. The molecule has 0 N–H and O–H groups in total. The Kier molecular flexibility index (Phi) is 5.37. The molecule has 29 heavy (non-hydrogen) atoms. The fourth-order valence-corrected chi connectivity index (χ4v) is 4.38. The van der Waals surface area contributed by atoms with Crippen LogP contribution in [-0.4, -0.2) is 23.0 Å². The molecule has 0 saturated carbocycles. The van der Waals surface area contributed by atoms with Crippen LogP contribution in [-0.2, 0) is 17.6 Å². The van der Waals surface area contributed by atoms with Crippen molar-refractivity contribution >= 4 is 6.08 Å². The van der Waals surface area contributed by atoms with Gasteiger partial charge in [-0.1, -0.05) is 42.8 Å². The fraction of sp³-hybridized carbons (Fsp3) is 0.320. The van der Waals surface area contributed by atoms with E-state index < -0.39 is 0 Å². The van der Waals surface area contributed by atoms with Crippen LogP contribution >= 0.6 is 0 Å². The third-order valence-electron chi connectivity index (χ3n) is 6.30. The predicted molar refractivity (Wildman–Crippen MR) is 115 cm³/mol. The number of hydrogen-bond donors (Lipinski definition) is 0. The number of methoxy groups -OCH3 is 1. The molecule has 0 saturated heterocycles. The number of nitrogens with zero attached hydrogens (tertiary/aromatic N) is 2. The highest BCUT2D eigenvalue weighted by atomic mass is 19.1. The first-order chi connectivity index (χ1) is 14.0. The number of aryl methyl sites for hydroxylation is 1. The molecule has 3 aromatic rings. The number of aromatic nitrogens is 2. The third-order valence-corrected chi connectivity index (χ3v) is 6.30. The topological polar surface area (TPSA) is 27.1 Å². The molecular weight excluding hydrogens is 363 g/mol. The quantitative estimate of drug-likeness (QED) is 0.546. The average molecular weight is 391 g/mol. The molecule has 2 aromatic carbocycles. The van der Waals surface area contributed by atoms with Crippen LogP contribution in [0.25, 0.3) is 11.8 Å². The van der Waals surface area contributed by atoms with Crippen LogP contribution in [0.5, 0.6) is 0 Å². The van der Waals surface area contributed by atoms with Crippen molar-refractivity contribution in [3.63, 3.8) is 0 Å². The molecular formula is C25H27FN2O. The molecule has 1 aliphatic rings. The molecule has 0 radical (unpaired) electrons. The van der Waals surface area contributed by atoms with Crippen LogP contribution in [0.15, 0.2) is 66.4 Å². The second-order valence-corrected chi connectivity index (χ2v) is 8.11. The molecule has 0 fully saturated rings. The van der Waals surface area contributed by atoms with Gasteiger partial charge in [-0.25, -0.2) is 9.07 Å². The number of ether oxygens (including phenoxy) is 1. The molecule has 1 heterocycles. The number of halogens is 1. The van der Waals surface area contributed by atoms with Crippen molar-refractivity contribution in [3.8, 4) is 5.69 Å². The van der Waals surface area contributed by atoms with Crippen LogP contribution in [0, 0.1) is 11.2 Å². The van der Waals surface area contributed by atoms with Crippen molar-refractivity contribution in [1.29, 1.82) is 0 Å². The summed E-state index contributed by atoms with van der Waals surface area (Å²) in [6, 6.07) is 17.0. The van der Waals surface area contributed by atoms with Crippen molar-refractivity contribution in [3.05, 3.63) is 89.0 Å². The molecule has 3 nitrogen and oxygen atoms in total. The minimum absolute atomic E-state index is 0.0901. The minimum Gasteiger partial charge on any atom is -0.381 e. The lowest BCUT2D eigenvalue weighted by Gasteiger charge is -2.40. The van der Waals surface area contributed by atoms with E-state index in [-0.39, 0.29) is 17.3 Å². The van der Waals surface area contributed by atoms with Crippen LogP contribution in [0.2, 0.25) is 0 Å². The Bertz CT molecular complexity index is 1010. The van der Waals surface area contributed by atoms with Gasteiger partial charge in [-0.05, 0) is 67.7 Å². The zero-order valence-electron chi connectivity index (χ0n) is 17.2. The summed E-state index contributed by atoms with van der Waals surface area (Å²) in [7, 11) is 1.81. The number of benzene rings is 2. The summed E-state index contributed by atoms with van der Waals surface area (Å²) in [4.78, 5) is 0. The van der Waals surface area contributed by atoms with Gasteiger partial charge in [0.15, 0.2) is 0 Å². The summed E-state index contributed by atoms with van der Waals surface area (Å²) >= 11 is 0. The normalized spacial score (nSPS) is 19.5. The van der Waals surface area contributed by atoms with E-state index in [0.29, 0.717) is 0 Å². The SMILES string of the molecule is CO[C@@H](CCc1ccccc1)[C@]1(C)Cc2cnn(-c3ccc(F)cc3)c2C=C1C. The molecule has 0 amide bonds. The van der Waals surface area contributed by atoms with Crippen LogP contribution in [0.3, 0.4) is 0 Å². The lowest BCUT2D eigenvalue weighted by Crippen LogP contribution is -2.39. The molecule has 2 atom stereocenters. The van der Waals surface area contributed by atoms with Crippen molar-refractivity contribution in [2.24, 2.45) is 5.41 Å². The van der Waals surface area contributed by atoms with Gasteiger partial charge in [0.2, 0.25) is 0 Å². The van der Waals surface area contributed by atoms with Gasteiger partial charge in [-0.3, -0.25) is 0 Å². The average Bonchev–Trinajstić information content (AvgIpc) is 3.12. The maximum absolute atomic E-state index is 13.3. The van der Waals surface area contributed by atoms with Gasteiger partial charge in [0.05, 0.1) is 23.7 Å². The van der Waals surface area contributed by atoms with Gasteiger partial charge in [-0.2, -0.15) is 5.10 Å². The Morgan fingerprint density at radius 3 is 2.55 bits per heavy atom. The second kappa shape index (κ2) is 7.96. The summed E-state index contributed by atoms with van der Waals surface area (Å²) in [6.45, 7) is 4.47. The zero-order valence-corrected chi connectivity index (χ0v) is 17.2. The fourth-order valence-electron chi connectivity index (χ4n) is 4.38. The highest BCUT2D eigenvalue weighted by Crippen LogP contribution is 2.43. The molecule has 0 aliphatic heterocycles. The summed E-state index contributed by atoms with van der Waals surface area (Å²) in [5, 5.41) is 4.59. The molecule has 1 aliphatic carbocycles. The van der Waals surface area contributed by atoms with E-state index in [1.165, 1.54) is 28.8 Å². The van der Waals surface area contributed by atoms with Gasteiger partial charge in [0, 0.05) is 12.5 Å². The van der Waals surface area contributed by atoms with E-state index >= 15 is 0 Å². The molecule has 4 rings (SSSR count). The van der Waals surface area contributed by atoms with Gasteiger partial charge in [0.25, 0.3) is 0 Å². The number of rotatable bonds is 6. The van der Waals surface area contributed by atoms with E-state index in [1.807, 2.05) is 24.1 Å². The monoisotopic (exact) mass is 390 g/mol. The van der Waals surface area contributed by atoms with Crippen LogP contribution < -0.4 is 0 Å². The van der Waals surface area contributed by atoms with Gasteiger partial charge >= 0.3 is 0 Å². The lowest BCUT2D eigenvalue weighted by molar-refractivity contribution is 0.0106. The van der Waals surface area contributed by atoms with Crippen molar-refractivity contribution in [2.75, 3.05) is 7.11 Å². The maximum atomic E-state index is 13.3. The van der Waals surface area contributed by atoms with Gasteiger partial charge in [-0.15, -0.1) is 0 Å². The first-order valence-electron chi connectivity index (χ1n) is 10.1. The summed E-state index contributed by atoms with van der Waals surface area (Å²) < 4.78 is 21.2. The third kappa shape index (κ3) is 3.77. The maximum Gasteiger partial charge on any atom is 0.123 e. The highest BCUT2D eigenvalue weighted by molar-refractivity contribution is 5.60. The molecule has 0 spiro atoms. The summed E-state index contributed by atoms with van der Waals surface area (Å²) in [6.07, 6.45) is 7.08. The Morgan fingerprint density at radius 1 is 1.14 bits per heavy atom. The van der Waals surface area contributed by atoms with E-state index in [2.05, 4.69) is 49.3 Å². The first kappa shape index (κ1) is 19.6. The predicted octanol–water partition coefficient (Wildman–Crippen LogP) is 5.62. The first-order valence-corrected chi connectivity index (χ1v) is 10.1. The van der Waals surface area contributed by atoms with Gasteiger partial charge in [0.1, 0.15) is 5.82 Å². The Hall–Kier alpha value is -2.72.